The van der Waals surface area contributed by atoms with Gasteiger partial charge in [-0.1, -0.05) is 0 Å². The van der Waals surface area contributed by atoms with Gasteiger partial charge in [-0.2, -0.15) is 0 Å². The molecule has 3 amide bonds. The van der Waals surface area contributed by atoms with Crippen molar-refractivity contribution < 1.29 is 19.1 Å². The Kier molecular flexibility index (Phi) is 4.84. The topological polar surface area (TPSA) is 70.2 Å². The van der Waals surface area contributed by atoms with Gasteiger partial charge in [0.15, 0.2) is 0 Å². The zero-order valence-electron chi connectivity index (χ0n) is 13.7. The molecule has 2 aliphatic heterocycles. The van der Waals surface area contributed by atoms with E-state index in [2.05, 4.69) is 0 Å². The summed E-state index contributed by atoms with van der Waals surface area (Å²) in [5.74, 6) is 0.367. The lowest BCUT2D eigenvalue weighted by molar-refractivity contribution is -0.146. The quantitative estimate of drug-likeness (QED) is 0.717. The summed E-state index contributed by atoms with van der Waals surface area (Å²) in [6.45, 7) is 1.89. The van der Waals surface area contributed by atoms with E-state index >= 15 is 0 Å². The van der Waals surface area contributed by atoms with E-state index in [9.17, 15) is 14.4 Å². The van der Waals surface area contributed by atoms with Gasteiger partial charge >= 0.3 is 0 Å². The minimum atomic E-state index is -0.447. The summed E-state index contributed by atoms with van der Waals surface area (Å²) < 4.78 is 5.23. The van der Waals surface area contributed by atoms with E-state index in [4.69, 9.17) is 4.74 Å². The molecule has 1 unspecified atom stereocenters. The third kappa shape index (κ3) is 3.83. The first-order chi connectivity index (χ1) is 11.1. The van der Waals surface area contributed by atoms with Gasteiger partial charge in [-0.3, -0.25) is 14.4 Å². The van der Waals surface area contributed by atoms with Gasteiger partial charge in [0.25, 0.3) is 5.91 Å². The number of amides is 3. The second kappa shape index (κ2) is 6.86. The largest absolute Gasteiger partial charge is 0.372 e. The molecule has 2 heterocycles. The number of carbonyl (C=O) groups is 3. The SMILES string of the molecule is COC1CCCCN(CC(=O)N2CC(=O)N(CC3CC3)C2)C1=O. The summed E-state index contributed by atoms with van der Waals surface area (Å²) in [5.41, 5.74) is 0. The van der Waals surface area contributed by atoms with Gasteiger partial charge in [0, 0.05) is 20.2 Å². The molecule has 7 nitrogen and oxygen atoms in total. The lowest BCUT2D eigenvalue weighted by atomic mass is 10.2. The zero-order chi connectivity index (χ0) is 16.4. The number of hydrogen-bond acceptors (Lipinski definition) is 4. The van der Waals surface area contributed by atoms with E-state index in [1.807, 2.05) is 0 Å². The van der Waals surface area contributed by atoms with Crippen molar-refractivity contribution in [1.82, 2.24) is 14.7 Å². The first-order valence-corrected chi connectivity index (χ1v) is 8.45. The second-order valence-electron chi connectivity index (χ2n) is 6.77. The molecule has 7 heteroatoms. The summed E-state index contributed by atoms with van der Waals surface area (Å²) in [4.78, 5) is 41.7. The third-order valence-electron chi connectivity index (χ3n) is 4.89. The van der Waals surface area contributed by atoms with E-state index in [-0.39, 0.29) is 30.8 Å². The number of nitrogens with zero attached hydrogens (tertiary/aromatic N) is 3. The number of ether oxygens (including phenoxy) is 1. The van der Waals surface area contributed by atoms with Crippen molar-refractivity contribution in [3.05, 3.63) is 0 Å². The van der Waals surface area contributed by atoms with Crippen LogP contribution in [-0.2, 0) is 19.1 Å². The summed E-state index contributed by atoms with van der Waals surface area (Å²) in [6.07, 6.45) is 4.42. The van der Waals surface area contributed by atoms with Gasteiger partial charge in [-0.15, -0.1) is 0 Å². The summed E-state index contributed by atoms with van der Waals surface area (Å²) in [5, 5.41) is 0. The molecule has 1 saturated carbocycles. The average molecular weight is 323 g/mol. The van der Waals surface area contributed by atoms with Crippen LogP contribution < -0.4 is 0 Å². The molecule has 1 aliphatic carbocycles. The lowest BCUT2D eigenvalue weighted by Gasteiger charge is -2.25. The van der Waals surface area contributed by atoms with Crippen LogP contribution in [0, 0.1) is 5.92 Å². The Morgan fingerprint density at radius 3 is 2.65 bits per heavy atom. The van der Waals surface area contributed by atoms with Crippen LogP contribution in [0.4, 0.5) is 0 Å². The van der Waals surface area contributed by atoms with Crippen molar-refractivity contribution in [2.24, 2.45) is 5.92 Å². The fraction of sp³-hybridized carbons (Fsp3) is 0.812. The molecular formula is C16H25N3O4. The Morgan fingerprint density at radius 2 is 1.96 bits per heavy atom. The Labute approximate surface area is 136 Å². The van der Waals surface area contributed by atoms with Gasteiger partial charge < -0.3 is 19.4 Å². The highest BCUT2D eigenvalue weighted by Crippen LogP contribution is 2.30. The molecule has 0 aromatic rings. The van der Waals surface area contributed by atoms with Crippen LogP contribution >= 0.6 is 0 Å². The van der Waals surface area contributed by atoms with E-state index in [0.717, 1.165) is 19.4 Å². The van der Waals surface area contributed by atoms with Crippen molar-refractivity contribution in [3.63, 3.8) is 0 Å². The molecule has 128 valence electrons. The highest BCUT2D eigenvalue weighted by Gasteiger charge is 2.36. The highest BCUT2D eigenvalue weighted by atomic mass is 16.5. The normalized spacial score (nSPS) is 26.0. The average Bonchev–Trinajstić information content (AvgIpc) is 3.29. The van der Waals surface area contributed by atoms with Gasteiger partial charge in [0.05, 0.1) is 13.2 Å². The van der Waals surface area contributed by atoms with Crippen molar-refractivity contribution >= 4 is 17.7 Å². The number of carbonyl (C=O) groups excluding carboxylic acids is 3. The summed E-state index contributed by atoms with van der Waals surface area (Å²) in [7, 11) is 1.53. The molecule has 2 saturated heterocycles. The van der Waals surface area contributed by atoms with E-state index in [0.29, 0.717) is 25.6 Å². The maximum absolute atomic E-state index is 12.5. The van der Waals surface area contributed by atoms with E-state index in [1.54, 1.807) is 14.7 Å². The minimum absolute atomic E-state index is 0.0159. The molecule has 23 heavy (non-hydrogen) atoms. The maximum Gasteiger partial charge on any atom is 0.252 e. The van der Waals surface area contributed by atoms with E-state index in [1.165, 1.54) is 20.0 Å². The second-order valence-corrected chi connectivity index (χ2v) is 6.77. The minimum Gasteiger partial charge on any atom is -0.372 e. The van der Waals surface area contributed by atoms with Gasteiger partial charge in [-0.05, 0) is 38.0 Å². The number of hydrogen-bond donors (Lipinski definition) is 0. The standard InChI is InChI=1S/C16H25N3O4/c1-23-13-4-2-3-7-17(16(13)22)9-14(20)19-10-15(21)18(11-19)8-12-5-6-12/h12-13H,2-11H2,1H3. The predicted octanol–water partition coefficient (Wildman–Crippen LogP) is 0.0522. The monoisotopic (exact) mass is 323 g/mol. The van der Waals surface area contributed by atoms with Gasteiger partial charge in [-0.25, -0.2) is 0 Å². The van der Waals surface area contributed by atoms with Crippen LogP contribution in [0.1, 0.15) is 32.1 Å². The maximum atomic E-state index is 12.5. The molecule has 3 fully saturated rings. The highest BCUT2D eigenvalue weighted by molar-refractivity contribution is 5.91. The fourth-order valence-electron chi connectivity index (χ4n) is 3.25. The summed E-state index contributed by atoms with van der Waals surface area (Å²) in [6, 6.07) is 0. The molecule has 0 aromatic carbocycles. The van der Waals surface area contributed by atoms with Crippen LogP contribution in [0.5, 0.6) is 0 Å². The fourth-order valence-corrected chi connectivity index (χ4v) is 3.25. The number of likely N-dealkylation sites (tertiary alicyclic amines) is 1. The van der Waals surface area contributed by atoms with Gasteiger partial charge in [0.1, 0.15) is 12.6 Å². The Hall–Kier alpha value is -1.63. The van der Waals surface area contributed by atoms with Crippen molar-refractivity contribution in [2.75, 3.05) is 40.0 Å². The third-order valence-corrected chi connectivity index (χ3v) is 4.89. The molecule has 3 aliphatic rings. The first kappa shape index (κ1) is 16.2. The molecular weight excluding hydrogens is 298 g/mol. The molecule has 0 N–H and O–H groups in total. The molecule has 0 spiro atoms. The molecule has 1 atom stereocenters. The lowest BCUT2D eigenvalue weighted by Crippen LogP contribution is -2.45. The zero-order valence-corrected chi connectivity index (χ0v) is 13.7. The van der Waals surface area contributed by atoms with Gasteiger partial charge in [0.2, 0.25) is 11.8 Å². The Balaban J connectivity index is 1.55. The van der Waals surface area contributed by atoms with Crippen LogP contribution in [0.15, 0.2) is 0 Å². The van der Waals surface area contributed by atoms with Crippen LogP contribution in [0.3, 0.4) is 0 Å². The first-order valence-electron chi connectivity index (χ1n) is 8.45. The smallest absolute Gasteiger partial charge is 0.252 e. The van der Waals surface area contributed by atoms with Crippen molar-refractivity contribution in [3.8, 4) is 0 Å². The molecule has 3 rings (SSSR count). The summed E-state index contributed by atoms with van der Waals surface area (Å²) >= 11 is 0. The molecule has 0 radical (unpaired) electrons. The van der Waals surface area contributed by atoms with Crippen LogP contribution in [-0.4, -0.2) is 78.5 Å². The molecule has 0 aromatic heterocycles. The van der Waals surface area contributed by atoms with Crippen molar-refractivity contribution in [1.29, 1.82) is 0 Å². The predicted molar refractivity (Wildman–Crippen MR) is 82.2 cm³/mol. The number of rotatable bonds is 5. The van der Waals surface area contributed by atoms with Crippen LogP contribution in [0.25, 0.3) is 0 Å². The Bertz CT molecular complexity index is 492. The number of methoxy groups -OCH3 is 1. The van der Waals surface area contributed by atoms with Crippen molar-refractivity contribution in [2.45, 2.75) is 38.2 Å². The molecule has 0 bridgehead atoms. The van der Waals surface area contributed by atoms with E-state index < -0.39 is 6.10 Å². The Morgan fingerprint density at radius 1 is 1.17 bits per heavy atom. The van der Waals surface area contributed by atoms with Crippen LogP contribution in [0.2, 0.25) is 0 Å².